The summed E-state index contributed by atoms with van der Waals surface area (Å²) in [5.41, 5.74) is 1.09. The molecule has 164 valence electrons. The maximum absolute atomic E-state index is 13.4. The Hall–Kier alpha value is -2.98. The number of hydrogen-bond donors (Lipinski definition) is 2. The Kier molecular flexibility index (Phi) is 5.33. The SMILES string of the molecule is CCCn1ncnc1N1C[C@@H]2OCC(NC(=O)c3cc4cc(F)ccc4[nH]3)CO[C@H]2C1. The Morgan fingerprint density at radius 3 is 2.77 bits per heavy atom. The lowest BCUT2D eigenvalue weighted by Gasteiger charge is -2.20. The van der Waals surface area contributed by atoms with Crippen molar-refractivity contribution >= 4 is 22.8 Å². The Morgan fingerprint density at radius 1 is 1.26 bits per heavy atom. The molecule has 0 spiro atoms. The van der Waals surface area contributed by atoms with E-state index in [0.29, 0.717) is 42.9 Å². The zero-order valence-corrected chi connectivity index (χ0v) is 17.3. The highest BCUT2D eigenvalue weighted by Crippen LogP contribution is 2.24. The second-order valence-corrected chi connectivity index (χ2v) is 8.02. The van der Waals surface area contributed by atoms with Crippen LogP contribution in [0.3, 0.4) is 0 Å². The summed E-state index contributed by atoms with van der Waals surface area (Å²) in [5, 5.41) is 7.90. The number of amides is 1. The Labute approximate surface area is 178 Å². The highest BCUT2D eigenvalue weighted by molar-refractivity contribution is 5.98. The van der Waals surface area contributed by atoms with Crippen LogP contribution in [0.2, 0.25) is 0 Å². The molecule has 4 heterocycles. The Balaban J connectivity index is 1.19. The zero-order chi connectivity index (χ0) is 21.4. The molecule has 1 aromatic carbocycles. The largest absolute Gasteiger partial charge is 0.371 e. The van der Waals surface area contributed by atoms with Crippen LogP contribution < -0.4 is 10.2 Å². The molecule has 2 aliphatic rings. The van der Waals surface area contributed by atoms with E-state index in [1.54, 1.807) is 18.5 Å². The lowest BCUT2D eigenvalue weighted by molar-refractivity contribution is -0.00461. The van der Waals surface area contributed by atoms with Gasteiger partial charge in [-0.25, -0.2) is 9.07 Å². The molecule has 31 heavy (non-hydrogen) atoms. The van der Waals surface area contributed by atoms with Crippen molar-refractivity contribution in [3.8, 4) is 0 Å². The van der Waals surface area contributed by atoms with Crippen molar-refractivity contribution in [1.29, 1.82) is 0 Å². The minimum Gasteiger partial charge on any atom is -0.371 e. The van der Waals surface area contributed by atoms with Crippen LogP contribution in [0, 0.1) is 5.82 Å². The molecule has 1 amide bonds. The number of ether oxygens (including phenoxy) is 2. The van der Waals surface area contributed by atoms with E-state index in [1.807, 2.05) is 4.68 Å². The number of carbonyl (C=O) groups is 1. The smallest absolute Gasteiger partial charge is 0.268 e. The maximum atomic E-state index is 13.4. The van der Waals surface area contributed by atoms with Crippen molar-refractivity contribution in [2.75, 3.05) is 31.2 Å². The number of H-pyrrole nitrogens is 1. The molecule has 2 N–H and O–H groups in total. The highest BCUT2D eigenvalue weighted by Gasteiger charge is 2.39. The van der Waals surface area contributed by atoms with Crippen molar-refractivity contribution in [1.82, 2.24) is 25.1 Å². The summed E-state index contributed by atoms with van der Waals surface area (Å²) < 4.78 is 27.5. The minimum atomic E-state index is -0.336. The summed E-state index contributed by atoms with van der Waals surface area (Å²) in [4.78, 5) is 22.2. The maximum Gasteiger partial charge on any atom is 0.268 e. The fraction of sp³-hybridized carbons (Fsp3) is 0.476. The molecule has 9 nitrogen and oxygen atoms in total. The lowest BCUT2D eigenvalue weighted by atomic mass is 10.2. The van der Waals surface area contributed by atoms with Gasteiger partial charge in [0, 0.05) is 30.5 Å². The standard InChI is InChI=1S/C21H25FN6O3/c1-2-5-28-21(23-12-24-28)27-8-18-19(9-27)31-11-15(10-30-18)25-20(29)17-7-13-6-14(22)3-4-16(13)26-17/h3-4,6-7,12,15,18-19,26H,2,5,8-11H2,1H3,(H,25,29)/t18-,19-/m0/s1. The van der Waals surface area contributed by atoms with Gasteiger partial charge in [-0.05, 0) is 30.7 Å². The zero-order valence-electron chi connectivity index (χ0n) is 17.3. The number of rotatable bonds is 5. The van der Waals surface area contributed by atoms with Crippen molar-refractivity contribution in [3.05, 3.63) is 42.1 Å². The number of aryl methyl sites for hydroxylation is 1. The van der Waals surface area contributed by atoms with Crippen molar-refractivity contribution in [2.45, 2.75) is 38.1 Å². The van der Waals surface area contributed by atoms with Crippen molar-refractivity contribution < 1.29 is 18.7 Å². The summed E-state index contributed by atoms with van der Waals surface area (Å²) in [6, 6.07) is 5.76. The fourth-order valence-corrected chi connectivity index (χ4v) is 4.20. The van der Waals surface area contributed by atoms with Gasteiger partial charge >= 0.3 is 0 Å². The Bertz CT molecular complexity index is 1070. The van der Waals surface area contributed by atoms with E-state index in [2.05, 4.69) is 32.2 Å². The van der Waals surface area contributed by atoms with E-state index in [9.17, 15) is 9.18 Å². The van der Waals surface area contributed by atoms with Crippen LogP contribution in [-0.4, -0.2) is 70.2 Å². The highest BCUT2D eigenvalue weighted by atomic mass is 19.1. The van der Waals surface area contributed by atoms with Crippen molar-refractivity contribution in [2.24, 2.45) is 0 Å². The first-order chi connectivity index (χ1) is 15.1. The number of halogens is 1. The number of aromatic nitrogens is 4. The molecular weight excluding hydrogens is 403 g/mol. The monoisotopic (exact) mass is 428 g/mol. The number of anilines is 1. The van der Waals surface area contributed by atoms with Gasteiger partial charge in [-0.1, -0.05) is 6.92 Å². The fourth-order valence-electron chi connectivity index (χ4n) is 4.20. The number of carbonyl (C=O) groups excluding carboxylic acids is 1. The molecule has 0 saturated carbocycles. The lowest BCUT2D eigenvalue weighted by Crippen LogP contribution is -2.41. The number of benzene rings is 1. The molecule has 2 aliphatic heterocycles. The molecule has 0 unspecified atom stereocenters. The van der Waals surface area contributed by atoms with Gasteiger partial charge < -0.3 is 24.7 Å². The van der Waals surface area contributed by atoms with Gasteiger partial charge in [0.25, 0.3) is 5.91 Å². The van der Waals surface area contributed by atoms with Crippen molar-refractivity contribution in [3.63, 3.8) is 0 Å². The van der Waals surface area contributed by atoms with E-state index in [1.165, 1.54) is 12.1 Å². The summed E-state index contributed by atoms with van der Waals surface area (Å²) in [6.07, 6.45) is 2.37. The van der Waals surface area contributed by atoms with Gasteiger partial charge in [-0.2, -0.15) is 10.1 Å². The van der Waals surface area contributed by atoms with Crippen LogP contribution in [-0.2, 0) is 16.0 Å². The summed E-state index contributed by atoms with van der Waals surface area (Å²) in [7, 11) is 0. The van der Waals surface area contributed by atoms with E-state index < -0.39 is 0 Å². The molecule has 5 rings (SSSR count). The average Bonchev–Trinajstić information content (AvgIpc) is 3.45. The molecule has 3 aromatic rings. The molecule has 2 aromatic heterocycles. The predicted molar refractivity (Wildman–Crippen MR) is 112 cm³/mol. The number of aromatic amines is 1. The van der Waals surface area contributed by atoms with Crippen LogP contribution in [0.15, 0.2) is 30.6 Å². The second-order valence-electron chi connectivity index (χ2n) is 8.02. The third-order valence-corrected chi connectivity index (χ3v) is 5.71. The molecule has 0 aliphatic carbocycles. The first-order valence-electron chi connectivity index (χ1n) is 10.6. The van der Waals surface area contributed by atoms with Crippen LogP contribution in [0.1, 0.15) is 23.8 Å². The van der Waals surface area contributed by atoms with E-state index >= 15 is 0 Å². The quantitative estimate of drug-likeness (QED) is 0.642. The average molecular weight is 428 g/mol. The van der Waals surface area contributed by atoms with E-state index in [0.717, 1.165) is 18.9 Å². The number of nitrogens with zero attached hydrogens (tertiary/aromatic N) is 4. The summed E-state index contributed by atoms with van der Waals surface area (Å²) in [5.74, 6) is 0.231. The van der Waals surface area contributed by atoms with Gasteiger partial charge in [0.15, 0.2) is 0 Å². The third-order valence-electron chi connectivity index (χ3n) is 5.71. The number of hydrogen-bond acceptors (Lipinski definition) is 6. The molecule has 2 saturated heterocycles. The predicted octanol–water partition coefficient (Wildman–Crippen LogP) is 1.71. The number of fused-ring (bicyclic) bond motifs is 2. The van der Waals surface area contributed by atoms with Crippen LogP contribution in [0.4, 0.5) is 10.3 Å². The van der Waals surface area contributed by atoms with E-state index in [-0.39, 0.29) is 30.0 Å². The molecule has 0 bridgehead atoms. The molecule has 2 atom stereocenters. The first kappa shape index (κ1) is 20.0. The molecule has 0 radical (unpaired) electrons. The van der Waals surface area contributed by atoms with Gasteiger partial charge in [-0.3, -0.25) is 4.79 Å². The van der Waals surface area contributed by atoms with Gasteiger partial charge in [0.05, 0.1) is 19.3 Å². The van der Waals surface area contributed by atoms with Gasteiger partial charge in [0.1, 0.15) is 30.0 Å². The third kappa shape index (κ3) is 4.00. The first-order valence-corrected chi connectivity index (χ1v) is 10.6. The molecule has 10 heteroatoms. The van der Waals surface area contributed by atoms with Gasteiger partial charge in [-0.15, -0.1) is 0 Å². The van der Waals surface area contributed by atoms with E-state index in [4.69, 9.17) is 9.47 Å². The van der Waals surface area contributed by atoms with Crippen LogP contribution >= 0.6 is 0 Å². The second kappa shape index (κ2) is 8.27. The van der Waals surface area contributed by atoms with Gasteiger partial charge in [0.2, 0.25) is 5.95 Å². The normalized spacial score (nSPS) is 21.9. The summed E-state index contributed by atoms with van der Waals surface area (Å²) >= 11 is 0. The number of nitrogens with one attached hydrogen (secondary N) is 2. The van der Waals surface area contributed by atoms with Crippen LogP contribution in [0.5, 0.6) is 0 Å². The molecule has 2 fully saturated rings. The minimum absolute atomic E-state index is 0.0928. The van der Waals surface area contributed by atoms with Crippen LogP contribution in [0.25, 0.3) is 10.9 Å². The Morgan fingerprint density at radius 2 is 2.03 bits per heavy atom. The topological polar surface area (TPSA) is 97.3 Å². The summed E-state index contributed by atoms with van der Waals surface area (Å²) in [6.45, 7) is 4.97. The molecular formula is C21H25FN6O3.